The molecule has 0 spiro atoms. The number of aliphatic carboxylic acids is 1. The van der Waals surface area contributed by atoms with Gasteiger partial charge in [0, 0.05) is 36.9 Å². The van der Waals surface area contributed by atoms with Crippen LogP contribution in [0.3, 0.4) is 0 Å². The fourth-order valence-electron chi connectivity index (χ4n) is 6.68. The van der Waals surface area contributed by atoms with Crippen LogP contribution in [-0.2, 0) is 35.2 Å². The number of anilines is 1. The van der Waals surface area contributed by atoms with E-state index in [0.717, 1.165) is 36.3 Å². The molecule has 1 saturated heterocycles. The van der Waals surface area contributed by atoms with Crippen molar-refractivity contribution >= 4 is 46.7 Å². The van der Waals surface area contributed by atoms with Crippen LogP contribution in [0.15, 0.2) is 29.6 Å². The maximum Gasteiger partial charge on any atom is 0.309 e. The van der Waals surface area contributed by atoms with Gasteiger partial charge in [-0.1, -0.05) is 52.7 Å². The summed E-state index contributed by atoms with van der Waals surface area (Å²) in [4.78, 5) is 77.2. The molecule has 1 aromatic carbocycles. The van der Waals surface area contributed by atoms with Gasteiger partial charge >= 0.3 is 11.9 Å². The Balaban J connectivity index is 1.93. The Hall–Kier alpha value is -4.52. The third kappa shape index (κ3) is 14.4. The van der Waals surface area contributed by atoms with Gasteiger partial charge in [-0.3, -0.25) is 28.8 Å². The van der Waals surface area contributed by atoms with Gasteiger partial charge in [-0.05, 0) is 82.0 Å². The number of carboxylic acids is 1. The van der Waals surface area contributed by atoms with E-state index >= 15 is 0 Å². The number of nitrogens with zero attached hydrogens (tertiary/aromatic N) is 2. The number of piperidine rings is 1. The zero-order valence-electron chi connectivity index (χ0n) is 34.5. The summed E-state index contributed by atoms with van der Waals surface area (Å²) in [5.41, 5.74) is 6.24. The van der Waals surface area contributed by atoms with Gasteiger partial charge in [-0.2, -0.15) is 0 Å². The van der Waals surface area contributed by atoms with Crippen molar-refractivity contribution in [2.24, 2.45) is 17.3 Å². The third-order valence-electron chi connectivity index (χ3n) is 10.3. The third-order valence-corrected chi connectivity index (χ3v) is 11.3. The first-order chi connectivity index (χ1) is 27.0. The average molecular weight is 811 g/mol. The predicted octanol–water partition coefficient (Wildman–Crippen LogP) is 5.43. The Morgan fingerprint density at radius 3 is 2.42 bits per heavy atom. The summed E-state index contributed by atoms with van der Waals surface area (Å²) >= 11 is 1.13. The highest BCUT2D eigenvalue weighted by Gasteiger charge is 2.39. The summed E-state index contributed by atoms with van der Waals surface area (Å²) in [6.45, 7) is 13.1. The van der Waals surface area contributed by atoms with Crippen LogP contribution >= 0.6 is 11.3 Å². The van der Waals surface area contributed by atoms with Gasteiger partial charge in [0.2, 0.25) is 5.91 Å². The number of aromatic nitrogens is 1. The summed E-state index contributed by atoms with van der Waals surface area (Å²) in [5.74, 6) is -0.627. The van der Waals surface area contributed by atoms with Crippen molar-refractivity contribution in [1.29, 1.82) is 0 Å². The minimum Gasteiger partial charge on any atom is -0.481 e. The van der Waals surface area contributed by atoms with Crippen LogP contribution in [-0.4, -0.2) is 82.1 Å². The highest BCUT2D eigenvalue weighted by atomic mass is 32.1. The van der Waals surface area contributed by atoms with E-state index in [9.17, 15) is 29.1 Å². The Morgan fingerprint density at radius 1 is 1.14 bits per heavy atom. The second-order valence-electron chi connectivity index (χ2n) is 15.9. The topological polar surface area (TPSA) is 202 Å². The number of benzene rings is 1. The fraction of sp³-hybridized carbons (Fsp3) is 0.619. The largest absolute Gasteiger partial charge is 0.481 e. The number of amides is 3. The van der Waals surface area contributed by atoms with Crippen molar-refractivity contribution in [2.75, 3.05) is 18.9 Å². The summed E-state index contributed by atoms with van der Waals surface area (Å²) in [6.07, 6.45) is 9.20. The number of thiazole rings is 1. The number of carboxylic acid groups (broad SMARTS) is 1. The number of carbonyl (C=O) groups is 5. The molecule has 314 valence electrons. The number of nitrogen functional groups attached to an aromatic ring is 1. The summed E-state index contributed by atoms with van der Waals surface area (Å²) in [7, 11) is 0. The lowest BCUT2D eigenvalue weighted by atomic mass is 9.84. The number of terminal acetylenes is 1. The van der Waals surface area contributed by atoms with Crippen molar-refractivity contribution in [3.05, 3.63) is 45.9 Å². The summed E-state index contributed by atoms with van der Waals surface area (Å²) in [6, 6.07) is 4.64. The van der Waals surface area contributed by atoms with Gasteiger partial charge in [0.05, 0.1) is 24.1 Å². The average Bonchev–Trinajstić information content (AvgIpc) is 3.67. The molecule has 0 aliphatic carbocycles. The van der Waals surface area contributed by atoms with Crippen LogP contribution in [0, 0.1) is 29.6 Å². The van der Waals surface area contributed by atoms with Crippen molar-refractivity contribution in [1.82, 2.24) is 26.0 Å². The molecule has 2 aromatic rings. The van der Waals surface area contributed by atoms with E-state index < -0.39 is 59.4 Å². The van der Waals surface area contributed by atoms with Crippen molar-refractivity contribution < 1.29 is 38.7 Å². The molecule has 3 rings (SSSR count). The molecule has 6 N–H and O–H groups in total. The number of hydroxylamine groups is 2. The quantitative estimate of drug-likeness (QED) is 0.0334. The first kappa shape index (κ1) is 46.9. The van der Waals surface area contributed by atoms with Gasteiger partial charge in [0.25, 0.3) is 11.8 Å². The van der Waals surface area contributed by atoms with E-state index in [2.05, 4.69) is 26.9 Å². The number of unbranched alkanes of at least 4 members (excludes halogenated alkanes) is 1. The number of nitrogens with one attached hydrogen (secondary N) is 3. The SMILES string of the molecule is C#CCCCON(C(=O)C(NC(=O)[C@H]1CCCCN1)[C@@H](C)CC)[C@H](C[C@@H](OC(C)=O)c1nc(C(=O)N[C@@H](Cc2ccc(N)cc2)CC(C)(C)C(=O)O)cs1)C(C)C. The normalized spacial score (nSPS) is 17.0. The number of hydrogen-bond acceptors (Lipinski definition) is 11. The highest BCUT2D eigenvalue weighted by molar-refractivity contribution is 7.09. The van der Waals surface area contributed by atoms with Crippen LogP contribution in [0.5, 0.6) is 0 Å². The minimum atomic E-state index is -1.14. The zero-order valence-corrected chi connectivity index (χ0v) is 35.3. The van der Waals surface area contributed by atoms with Crippen molar-refractivity contribution in [3.63, 3.8) is 0 Å². The molecule has 0 saturated carbocycles. The molecule has 1 aliphatic rings. The van der Waals surface area contributed by atoms with E-state index in [4.69, 9.17) is 21.7 Å². The van der Waals surface area contributed by atoms with Gasteiger partial charge < -0.3 is 31.5 Å². The maximum absolute atomic E-state index is 14.6. The van der Waals surface area contributed by atoms with Gasteiger partial charge in [0.15, 0.2) is 6.10 Å². The Labute approximate surface area is 341 Å². The Bertz CT molecular complexity index is 1680. The van der Waals surface area contributed by atoms with Gasteiger partial charge in [-0.15, -0.1) is 23.7 Å². The van der Waals surface area contributed by atoms with E-state index in [0.29, 0.717) is 42.8 Å². The predicted molar refractivity (Wildman–Crippen MR) is 220 cm³/mol. The van der Waals surface area contributed by atoms with Crippen molar-refractivity contribution in [2.45, 2.75) is 137 Å². The second kappa shape index (κ2) is 22.4. The van der Waals surface area contributed by atoms with Gasteiger partial charge in [-0.25, -0.2) is 10.0 Å². The van der Waals surface area contributed by atoms with Gasteiger partial charge in [0.1, 0.15) is 16.7 Å². The minimum absolute atomic E-state index is 0.0676. The molecule has 1 aliphatic heterocycles. The summed E-state index contributed by atoms with van der Waals surface area (Å²) in [5, 5.41) is 22.3. The molecule has 0 bridgehead atoms. The molecule has 6 atom stereocenters. The standard InChI is InChI=1S/C42H62N6O8S/c1-9-11-14-21-55-48(40(52)36(27(5)10-2)47-37(50)32-15-12-13-20-44-32)34(26(3)4)23-35(56-28(6)49)39-46-33(25-57-39)38(51)45-31(24-42(7,8)41(53)54)22-29-16-18-30(43)19-17-29/h1,16-19,25-27,31-32,34-36,44H,10-15,20-24,43H2,2-8H3,(H,45,51)(H,47,50)(H,53,54)/t27-,31-,32+,34+,35+,36?/m0/s1. The molecule has 1 aromatic heterocycles. The number of rotatable bonds is 22. The molecule has 1 fully saturated rings. The first-order valence-electron chi connectivity index (χ1n) is 19.9. The lowest BCUT2D eigenvalue weighted by molar-refractivity contribution is -0.213. The monoisotopic (exact) mass is 810 g/mol. The number of ether oxygens (including phenoxy) is 1. The number of carbonyl (C=O) groups excluding carboxylic acids is 4. The molecular formula is C42H62N6O8S. The lowest BCUT2D eigenvalue weighted by Gasteiger charge is -2.38. The number of esters is 1. The van der Waals surface area contributed by atoms with Crippen molar-refractivity contribution in [3.8, 4) is 12.3 Å². The molecule has 57 heavy (non-hydrogen) atoms. The lowest BCUT2D eigenvalue weighted by Crippen LogP contribution is -2.58. The molecule has 0 radical (unpaired) electrons. The van der Waals surface area contributed by atoms with Crippen LogP contribution in [0.2, 0.25) is 0 Å². The van der Waals surface area contributed by atoms with Crippen LogP contribution in [0.25, 0.3) is 0 Å². The molecule has 15 heteroatoms. The fourth-order valence-corrected chi connectivity index (χ4v) is 7.52. The smallest absolute Gasteiger partial charge is 0.309 e. The number of nitrogens with two attached hydrogens (primary N) is 1. The summed E-state index contributed by atoms with van der Waals surface area (Å²) < 4.78 is 5.82. The Morgan fingerprint density at radius 2 is 1.84 bits per heavy atom. The molecule has 3 amide bonds. The van der Waals surface area contributed by atoms with Crippen LogP contribution < -0.4 is 21.7 Å². The van der Waals surface area contributed by atoms with Crippen LogP contribution in [0.1, 0.15) is 127 Å². The Kier molecular flexibility index (Phi) is 18.4. The van der Waals surface area contributed by atoms with Crippen LogP contribution in [0.4, 0.5) is 5.69 Å². The second-order valence-corrected chi connectivity index (χ2v) is 16.8. The molecule has 1 unspecified atom stereocenters. The highest BCUT2D eigenvalue weighted by Crippen LogP contribution is 2.32. The van der Waals surface area contributed by atoms with E-state index in [1.807, 2.05) is 39.8 Å². The zero-order chi connectivity index (χ0) is 42.3. The first-order valence-corrected chi connectivity index (χ1v) is 20.8. The molecular weight excluding hydrogens is 749 g/mol. The van der Waals surface area contributed by atoms with E-state index in [1.54, 1.807) is 31.4 Å². The molecule has 14 nitrogen and oxygen atoms in total. The molecule has 2 heterocycles. The maximum atomic E-state index is 14.6. The number of hydrogen-bond donors (Lipinski definition) is 5. The van der Waals surface area contributed by atoms with E-state index in [-0.39, 0.29) is 42.9 Å². The van der Waals surface area contributed by atoms with E-state index in [1.165, 1.54) is 12.0 Å².